The molecule has 122 valence electrons. The number of amides is 1. The number of carbonyl (C=O) groups excluding carboxylic acids is 2. The predicted molar refractivity (Wildman–Crippen MR) is 84.5 cm³/mol. The summed E-state index contributed by atoms with van der Waals surface area (Å²) >= 11 is 5.92. The van der Waals surface area contributed by atoms with Gasteiger partial charge in [-0.25, -0.2) is 9.78 Å². The maximum Gasteiger partial charge on any atom is 0.409 e. The molecule has 0 radical (unpaired) electrons. The minimum Gasteiger partial charge on any atom is -0.422 e. The molecule has 0 saturated heterocycles. The molecular formula is C15H17ClN4O3. The molecule has 0 unspecified atom stereocenters. The van der Waals surface area contributed by atoms with Crippen LogP contribution in [0.3, 0.4) is 0 Å². The molecule has 0 aliphatic heterocycles. The zero-order valence-electron chi connectivity index (χ0n) is 12.7. The maximum atomic E-state index is 11.9. The summed E-state index contributed by atoms with van der Waals surface area (Å²) in [6, 6.07) is 1.68. The van der Waals surface area contributed by atoms with E-state index < -0.39 is 11.8 Å². The average molecular weight is 337 g/mol. The van der Waals surface area contributed by atoms with Crippen molar-refractivity contribution in [1.82, 2.24) is 19.9 Å². The van der Waals surface area contributed by atoms with Gasteiger partial charge in [-0.05, 0) is 30.5 Å². The van der Waals surface area contributed by atoms with E-state index in [4.69, 9.17) is 16.3 Å². The Kier molecular flexibility index (Phi) is 4.21. The lowest BCUT2D eigenvalue weighted by Crippen LogP contribution is -2.43. The standard InChI is InChI=1S/C15H17ClN4O3/c1-17-14(22)23-15(5-3-2-4-6-15)20-11(9-21)7-10-8-18-13(16)19-12(10)20/h7-9H,2-6H2,1H3,(H,17,22). The quantitative estimate of drug-likeness (QED) is 0.688. The Morgan fingerprint density at radius 1 is 1.43 bits per heavy atom. The van der Waals surface area contributed by atoms with Crippen LogP contribution >= 0.6 is 11.6 Å². The van der Waals surface area contributed by atoms with Crippen LogP contribution in [0.25, 0.3) is 11.0 Å². The van der Waals surface area contributed by atoms with Crippen LogP contribution in [0.15, 0.2) is 12.3 Å². The van der Waals surface area contributed by atoms with Gasteiger partial charge in [0.05, 0.1) is 5.69 Å². The first kappa shape index (κ1) is 15.7. The van der Waals surface area contributed by atoms with Gasteiger partial charge in [0.2, 0.25) is 5.28 Å². The molecule has 23 heavy (non-hydrogen) atoms. The fraction of sp³-hybridized carbons (Fsp3) is 0.467. The highest BCUT2D eigenvalue weighted by atomic mass is 35.5. The van der Waals surface area contributed by atoms with E-state index in [2.05, 4.69) is 15.3 Å². The van der Waals surface area contributed by atoms with Gasteiger partial charge in [0, 0.05) is 31.5 Å². The molecular weight excluding hydrogens is 320 g/mol. The van der Waals surface area contributed by atoms with Crippen molar-refractivity contribution in [3.63, 3.8) is 0 Å². The zero-order valence-corrected chi connectivity index (χ0v) is 13.5. The first-order valence-corrected chi connectivity index (χ1v) is 7.88. The van der Waals surface area contributed by atoms with E-state index >= 15 is 0 Å². The number of fused-ring (bicyclic) bond motifs is 1. The van der Waals surface area contributed by atoms with Gasteiger partial charge in [-0.2, -0.15) is 4.98 Å². The van der Waals surface area contributed by atoms with Gasteiger partial charge in [0.25, 0.3) is 0 Å². The number of hydrogen-bond donors (Lipinski definition) is 1. The van der Waals surface area contributed by atoms with E-state index in [1.807, 2.05) is 0 Å². The molecule has 2 aromatic heterocycles. The van der Waals surface area contributed by atoms with E-state index in [9.17, 15) is 9.59 Å². The SMILES string of the molecule is CNC(=O)OC1(n2c(C=O)cc3cnc(Cl)nc32)CCCCC1. The third kappa shape index (κ3) is 2.76. The van der Waals surface area contributed by atoms with E-state index in [-0.39, 0.29) is 5.28 Å². The predicted octanol–water partition coefficient (Wildman–Crippen LogP) is 2.87. The molecule has 1 fully saturated rings. The van der Waals surface area contributed by atoms with Gasteiger partial charge < -0.3 is 10.1 Å². The normalized spacial score (nSPS) is 17.0. The molecule has 3 rings (SSSR count). The van der Waals surface area contributed by atoms with Crippen molar-refractivity contribution in [2.45, 2.75) is 37.8 Å². The third-order valence-electron chi connectivity index (χ3n) is 4.19. The second kappa shape index (κ2) is 6.16. The lowest BCUT2D eigenvalue weighted by molar-refractivity contribution is -0.0765. The van der Waals surface area contributed by atoms with Gasteiger partial charge in [0.1, 0.15) is 5.65 Å². The summed E-state index contributed by atoms with van der Waals surface area (Å²) in [6.45, 7) is 0. The molecule has 1 aliphatic rings. The molecule has 0 bridgehead atoms. The summed E-state index contributed by atoms with van der Waals surface area (Å²) in [5, 5.41) is 3.24. The molecule has 2 heterocycles. The number of alkyl carbamates (subject to hydrolysis) is 1. The lowest BCUT2D eigenvalue weighted by atomic mass is 9.91. The highest BCUT2D eigenvalue weighted by Gasteiger charge is 2.40. The Morgan fingerprint density at radius 3 is 2.83 bits per heavy atom. The number of rotatable bonds is 3. The van der Waals surface area contributed by atoms with Gasteiger partial charge in [-0.3, -0.25) is 9.36 Å². The molecule has 8 heteroatoms. The largest absolute Gasteiger partial charge is 0.422 e. The molecule has 0 aromatic carbocycles. The summed E-state index contributed by atoms with van der Waals surface area (Å²) < 4.78 is 7.41. The zero-order chi connectivity index (χ0) is 16.4. The second-order valence-corrected chi connectivity index (χ2v) is 5.92. The highest BCUT2D eigenvalue weighted by Crippen LogP contribution is 2.39. The van der Waals surface area contributed by atoms with Gasteiger partial charge in [-0.1, -0.05) is 6.42 Å². The molecule has 1 N–H and O–H groups in total. The van der Waals surface area contributed by atoms with Crippen molar-refractivity contribution in [2.75, 3.05) is 7.05 Å². The van der Waals surface area contributed by atoms with Crippen LogP contribution in [0.5, 0.6) is 0 Å². The maximum absolute atomic E-state index is 11.9. The van der Waals surface area contributed by atoms with E-state index in [1.54, 1.807) is 16.8 Å². The fourth-order valence-corrected chi connectivity index (χ4v) is 3.33. The second-order valence-electron chi connectivity index (χ2n) is 5.59. The van der Waals surface area contributed by atoms with Crippen LogP contribution in [0.4, 0.5) is 4.79 Å². The summed E-state index contributed by atoms with van der Waals surface area (Å²) in [4.78, 5) is 31.6. The van der Waals surface area contributed by atoms with E-state index in [0.717, 1.165) is 25.5 Å². The number of nitrogens with zero attached hydrogens (tertiary/aromatic N) is 3. The molecule has 1 saturated carbocycles. The smallest absolute Gasteiger partial charge is 0.409 e. The van der Waals surface area contributed by atoms with Crippen molar-refractivity contribution >= 4 is 35.0 Å². The van der Waals surface area contributed by atoms with Crippen LogP contribution in [-0.2, 0) is 10.5 Å². The van der Waals surface area contributed by atoms with Crippen LogP contribution in [-0.4, -0.2) is 34.0 Å². The minimum absolute atomic E-state index is 0.0835. The van der Waals surface area contributed by atoms with Gasteiger partial charge >= 0.3 is 6.09 Å². The van der Waals surface area contributed by atoms with Gasteiger partial charge in [0.15, 0.2) is 12.0 Å². The number of aldehydes is 1. The van der Waals surface area contributed by atoms with Crippen molar-refractivity contribution in [3.05, 3.63) is 23.2 Å². The third-order valence-corrected chi connectivity index (χ3v) is 4.37. The number of hydrogen-bond acceptors (Lipinski definition) is 5. The van der Waals surface area contributed by atoms with Crippen LogP contribution in [0.2, 0.25) is 5.28 Å². The monoisotopic (exact) mass is 336 g/mol. The first-order chi connectivity index (χ1) is 11.1. The Bertz CT molecular complexity index is 753. The number of ether oxygens (including phenoxy) is 1. The van der Waals surface area contributed by atoms with Crippen LogP contribution in [0, 0.1) is 0 Å². The number of nitrogens with one attached hydrogen (secondary N) is 1. The Morgan fingerprint density at radius 2 is 2.17 bits per heavy atom. The van der Waals surface area contributed by atoms with Crippen molar-refractivity contribution in [1.29, 1.82) is 0 Å². The van der Waals surface area contributed by atoms with Crippen molar-refractivity contribution in [2.24, 2.45) is 0 Å². The molecule has 0 atom stereocenters. The lowest BCUT2D eigenvalue weighted by Gasteiger charge is -2.38. The fourth-order valence-electron chi connectivity index (χ4n) is 3.20. The minimum atomic E-state index is -0.936. The van der Waals surface area contributed by atoms with Crippen LogP contribution < -0.4 is 5.32 Å². The molecule has 0 spiro atoms. The van der Waals surface area contributed by atoms with Gasteiger partial charge in [-0.15, -0.1) is 0 Å². The molecule has 7 nitrogen and oxygen atoms in total. The van der Waals surface area contributed by atoms with Crippen molar-refractivity contribution < 1.29 is 14.3 Å². The molecule has 2 aromatic rings. The Balaban J connectivity index is 2.22. The summed E-state index contributed by atoms with van der Waals surface area (Å²) in [5.74, 6) is 0. The summed E-state index contributed by atoms with van der Waals surface area (Å²) in [6.07, 6.45) is 5.85. The molecule has 1 aliphatic carbocycles. The Labute approximate surface area is 138 Å². The molecule has 1 amide bonds. The number of halogens is 1. The Hall–Kier alpha value is -2.15. The van der Waals surface area contributed by atoms with E-state index in [0.29, 0.717) is 29.6 Å². The number of aromatic nitrogens is 3. The first-order valence-electron chi connectivity index (χ1n) is 7.50. The van der Waals surface area contributed by atoms with Crippen LogP contribution in [0.1, 0.15) is 42.6 Å². The summed E-state index contributed by atoms with van der Waals surface area (Å²) in [7, 11) is 1.51. The number of carbonyl (C=O) groups is 2. The summed E-state index contributed by atoms with van der Waals surface area (Å²) in [5.41, 5.74) is -0.0473. The van der Waals surface area contributed by atoms with Crippen molar-refractivity contribution in [3.8, 4) is 0 Å². The van der Waals surface area contributed by atoms with E-state index in [1.165, 1.54) is 7.05 Å². The highest BCUT2D eigenvalue weighted by molar-refractivity contribution is 6.28. The topological polar surface area (TPSA) is 86.1 Å². The average Bonchev–Trinajstić information content (AvgIpc) is 2.93.